The minimum absolute atomic E-state index is 0.291. The van der Waals surface area contributed by atoms with Crippen LogP contribution in [0.15, 0.2) is 24.3 Å². The molecular formula is C10H12FN. The monoisotopic (exact) mass is 165 g/mol. The number of alkyl halides is 1. The third-order valence-electron chi connectivity index (χ3n) is 2.48. The SMILES string of the molecule is Cc1ccc([C@]2(F)C[C@H]2N)cc1. The van der Waals surface area contributed by atoms with Gasteiger partial charge in [-0.2, -0.15) is 0 Å². The summed E-state index contributed by atoms with van der Waals surface area (Å²) in [5, 5.41) is 0. The average molecular weight is 165 g/mol. The molecule has 1 aromatic rings. The van der Waals surface area contributed by atoms with Gasteiger partial charge in [0.2, 0.25) is 0 Å². The van der Waals surface area contributed by atoms with E-state index in [-0.39, 0.29) is 6.04 Å². The maximum Gasteiger partial charge on any atom is 0.152 e. The molecule has 2 atom stereocenters. The molecule has 1 nitrogen and oxygen atoms in total. The number of rotatable bonds is 1. The molecule has 0 radical (unpaired) electrons. The predicted octanol–water partition coefficient (Wildman–Crippen LogP) is 1.89. The van der Waals surface area contributed by atoms with Gasteiger partial charge >= 0.3 is 0 Å². The first-order chi connectivity index (χ1) is 5.63. The standard InChI is InChI=1S/C10H12FN/c1-7-2-4-8(5-3-7)10(11)6-9(10)12/h2-5,9H,6,12H2,1H3/t9-,10-/m1/s1. The Bertz CT molecular complexity index is 293. The molecule has 2 heteroatoms. The van der Waals surface area contributed by atoms with Gasteiger partial charge in [-0.15, -0.1) is 0 Å². The fourth-order valence-electron chi connectivity index (χ4n) is 1.42. The van der Waals surface area contributed by atoms with E-state index >= 15 is 0 Å². The van der Waals surface area contributed by atoms with Crippen LogP contribution in [0.2, 0.25) is 0 Å². The van der Waals surface area contributed by atoms with Gasteiger partial charge in [0, 0.05) is 12.5 Å². The van der Waals surface area contributed by atoms with Crippen LogP contribution >= 0.6 is 0 Å². The van der Waals surface area contributed by atoms with Crippen LogP contribution in [-0.4, -0.2) is 6.04 Å². The van der Waals surface area contributed by atoms with E-state index in [4.69, 9.17) is 5.73 Å². The van der Waals surface area contributed by atoms with E-state index in [1.165, 1.54) is 0 Å². The zero-order valence-electron chi connectivity index (χ0n) is 7.05. The van der Waals surface area contributed by atoms with Crippen LogP contribution in [-0.2, 0) is 5.67 Å². The largest absolute Gasteiger partial charge is 0.325 e. The van der Waals surface area contributed by atoms with Gasteiger partial charge in [0.15, 0.2) is 5.67 Å². The fraction of sp³-hybridized carbons (Fsp3) is 0.400. The van der Waals surface area contributed by atoms with Crippen molar-refractivity contribution in [3.8, 4) is 0 Å². The molecule has 0 saturated heterocycles. The second kappa shape index (κ2) is 2.30. The lowest BCUT2D eigenvalue weighted by molar-refractivity contribution is 0.306. The first-order valence-electron chi connectivity index (χ1n) is 4.14. The van der Waals surface area contributed by atoms with Gasteiger partial charge in [-0.1, -0.05) is 29.8 Å². The quantitative estimate of drug-likeness (QED) is 0.675. The summed E-state index contributed by atoms with van der Waals surface area (Å²) in [6.07, 6.45) is 0.468. The van der Waals surface area contributed by atoms with Crippen LogP contribution < -0.4 is 5.73 Å². The molecule has 0 aliphatic heterocycles. The Morgan fingerprint density at radius 3 is 2.33 bits per heavy atom. The van der Waals surface area contributed by atoms with E-state index in [1.807, 2.05) is 31.2 Å². The number of halogens is 1. The highest BCUT2D eigenvalue weighted by Gasteiger charge is 2.54. The summed E-state index contributed by atoms with van der Waals surface area (Å²) in [5.74, 6) is 0. The lowest BCUT2D eigenvalue weighted by Crippen LogP contribution is -2.12. The van der Waals surface area contributed by atoms with Crippen LogP contribution in [0.3, 0.4) is 0 Å². The zero-order chi connectivity index (χ0) is 8.77. The first-order valence-corrected chi connectivity index (χ1v) is 4.14. The highest BCUT2D eigenvalue weighted by molar-refractivity contribution is 5.33. The van der Waals surface area contributed by atoms with E-state index in [0.717, 1.165) is 11.1 Å². The summed E-state index contributed by atoms with van der Waals surface area (Å²) in [7, 11) is 0. The topological polar surface area (TPSA) is 26.0 Å². The second-order valence-corrected chi connectivity index (χ2v) is 3.54. The van der Waals surface area contributed by atoms with Crippen molar-refractivity contribution >= 4 is 0 Å². The van der Waals surface area contributed by atoms with Gasteiger partial charge < -0.3 is 5.73 Å². The maximum atomic E-state index is 13.6. The Hall–Kier alpha value is -0.890. The minimum Gasteiger partial charge on any atom is -0.325 e. The number of aryl methyl sites for hydroxylation is 1. The molecule has 0 bridgehead atoms. The molecule has 1 aliphatic carbocycles. The molecule has 0 heterocycles. The van der Waals surface area contributed by atoms with E-state index in [1.54, 1.807) is 0 Å². The van der Waals surface area contributed by atoms with Crippen molar-refractivity contribution in [2.24, 2.45) is 5.73 Å². The molecular weight excluding hydrogens is 153 g/mol. The highest BCUT2D eigenvalue weighted by Crippen LogP contribution is 2.48. The Morgan fingerprint density at radius 1 is 1.42 bits per heavy atom. The van der Waals surface area contributed by atoms with Crippen LogP contribution in [0, 0.1) is 6.92 Å². The van der Waals surface area contributed by atoms with Crippen LogP contribution in [0.5, 0.6) is 0 Å². The van der Waals surface area contributed by atoms with Crippen LogP contribution in [0.25, 0.3) is 0 Å². The molecule has 2 rings (SSSR count). The Kier molecular flexibility index (Phi) is 1.48. The maximum absolute atomic E-state index is 13.6. The third-order valence-corrected chi connectivity index (χ3v) is 2.48. The zero-order valence-corrected chi connectivity index (χ0v) is 7.05. The minimum atomic E-state index is -1.23. The van der Waals surface area contributed by atoms with E-state index in [0.29, 0.717) is 6.42 Å². The molecule has 1 saturated carbocycles. The second-order valence-electron chi connectivity index (χ2n) is 3.54. The Labute approximate surface area is 71.4 Å². The van der Waals surface area contributed by atoms with Crippen molar-refractivity contribution in [1.82, 2.24) is 0 Å². The van der Waals surface area contributed by atoms with Gasteiger partial charge in [0.05, 0.1) is 0 Å². The molecule has 0 amide bonds. The van der Waals surface area contributed by atoms with Gasteiger partial charge in [-0.25, -0.2) is 4.39 Å². The third kappa shape index (κ3) is 1.03. The van der Waals surface area contributed by atoms with E-state index in [9.17, 15) is 4.39 Å². The predicted molar refractivity (Wildman–Crippen MR) is 46.6 cm³/mol. The van der Waals surface area contributed by atoms with Crippen LogP contribution in [0.1, 0.15) is 17.5 Å². The van der Waals surface area contributed by atoms with Crippen molar-refractivity contribution in [3.05, 3.63) is 35.4 Å². The van der Waals surface area contributed by atoms with Gasteiger partial charge in [0.25, 0.3) is 0 Å². The number of nitrogens with two attached hydrogens (primary N) is 1. The molecule has 0 aromatic heterocycles. The molecule has 0 unspecified atom stereocenters. The Balaban J connectivity index is 2.31. The van der Waals surface area contributed by atoms with Crippen molar-refractivity contribution in [2.45, 2.75) is 25.1 Å². The van der Waals surface area contributed by atoms with Crippen molar-refractivity contribution in [3.63, 3.8) is 0 Å². The first kappa shape index (κ1) is 7.74. The highest BCUT2D eigenvalue weighted by atomic mass is 19.1. The molecule has 1 fully saturated rings. The smallest absolute Gasteiger partial charge is 0.152 e. The summed E-state index contributed by atoms with van der Waals surface area (Å²) in [4.78, 5) is 0. The van der Waals surface area contributed by atoms with E-state index in [2.05, 4.69) is 0 Å². The van der Waals surface area contributed by atoms with Gasteiger partial charge in [0.1, 0.15) is 0 Å². The Morgan fingerprint density at radius 2 is 1.92 bits per heavy atom. The van der Waals surface area contributed by atoms with Gasteiger partial charge in [-0.3, -0.25) is 0 Å². The van der Waals surface area contributed by atoms with Gasteiger partial charge in [-0.05, 0) is 12.5 Å². The van der Waals surface area contributed by atoms with Crippen molar-refractivity contribution < 1.29 is 4.39 Å². The summed E-state index contributed by atoms with van der Waals surface area (Å²) in [6, 6.07) is 7.19. The van der Waals surface area contributed by atoms with Crippen LogP contribution in [0.4, 0.5) is 4.39 Å². The summed E-state index contributed by atoms with van der Waals surface area (Å²) in [5.41, 5.74) is 6.14. The normalized spacial score (nSPS) is 33.4. The molecule has 64 valence electrons. The molecule has 0 spiro atoms. The molecule has 1 aromatic carbocycles. The number of hydrogen-bond donors (Lipinski definition) is 1. The summed E-state index contributed by atoms with van der Waals surface area (Å²) in [6.45, 7) is 1.99. The number of benzene rings is 1. The lowest BCUT2D eigenvalue weighted by atomic mass is 10.1. The fourth-order valence-corrected chi connectivity index (χ4v) is 1.42. The summed E-state index contributed by atoms with van der Waals surface area (Å²) < 4.78 is 13.6. The lowest BCUT2D eigenvalue weighted by Gasteiger charge is -2.05. The number of hydrogen-bond acceptors (Lipinski definition) is 1. The van der Waals surface area contributed by atoms with Crippen molar-refractivity contribution in [1.29, 1.82) is 0 Å². The average Bonchev–Trinajstić information content (AvgIpc) is 2.62. The molecule has 2 N–H and O–H groups in total. The molecule has 12 heavy (non-hydrogen) atoms. The van der Waals surface area contributed by atoms with Crippen molar-refractivity contribution in [2.75, 3.05) is 0 Å². The molecule has 1 aliphatic rings. The van der Waals surface area contributed by atoms with E-state index < -0.39 is 5.67 Å². The summed E-state index contributed by atoms with van der Waals surface area (Å²) >= 11 is 0.